The molecule has 1 aliphatic rings. The Morgan fingerprint density at radius 3 is 2.58 bits per heavy atom. The number of halogens is 1. The summed E-state index contributed by atoms with van der Waals surface area (Å²) >= 11 is 1.37. The molecule has 186 valence electrons. The van der Waals surface area contributed by atoms with Crippen molar-refractivity contribution in [2.75, 3.05) is 13.2 Å². The summed E-state index contributed by atoms with van der Waals surface area (Å²) < 4.78 is 21.5. The van der Waals surface area contributed by atoms with Crippen LogP contribution in [0, 0.1) is 19.7 Å². The van der Waals surface area contributed by atoms with E-state index in [-0.39, 0.29) is 13.2 Å². The number of aromatic nitrogens is 2. The number of carbonyl (C=O) groups is 1. The van der Waals surface area contributed by atoms with Gasteiger partial charge in [0.2, 0.25) is 0 Å². The summed E-state index contributed by atoms with van der Waals surface area (Å²) in [6.45, 7) is 7.05. The maximum absolute atomic E-state index is 13.8. The van der Waals surface area contributed by atoms with E-state index in [9.17, 15) is 18.8 Å². The highest BCUT2D eigenvalue weighted by Gasteiger charge is 2.29. The molecule has 1 amide bonds. The van der Waals surface area contributed by atoms with Gasteiger partial charge in [0, 0.05) is 11.4 Å². The van der Waals surface area contributed by atoms with E-state index >= 15 is 0 Å². The molecule has 0 aliphatic carbocycles. The van der Waals surface area contributed by atoms with Crippen molar-refractivity contribution < 1.29 is 13.9 Å². The van der Waals surface area contributed by atoms with Gasteiger partial charge < -0.3 is 9.64 Å². The molecule has 0 saturated carbocycles. The van der Waals surface area contributed by atoms with Gasteiger partial charge in [-0.05, 0) is 68.1 Å². The molecule has 1 aliphatic heterocycles. The molecule has 5 rings (SSSR count). The number of carbonyl (C=O) groups excluding carboxylic acids is 1. The van der Waals surface area contributed by atoms with E-state index in [1.54, 1.807) is 16.4 Å². The van der Waals surface area contributed by atoms with Crippen LogP contribution in [0.4, 0.5) is 9.18 Å². The molecule has 0 fully saturated rings. The van der Waals surface area contributed by atoms with Crippen LogP contribution in [-0.2, 0) is 24.2 Å². The Labute approximate surface area is 211 Å². The molecule has 0 bridgehead atoms. The van der Waals surface area contributed by atoms with Gasteiger partial charge in [0.25, 0.3) is 5.56 Å². The molecule has 0 unspecified atom stereocenters. The summed E-state index contributed by atoms with van der Waals surface area (Å²) in [4.78, 5) is 43.0. The first-order chi connectivity index (χ1) is 17.3. The number of hydrogen-bond acceptors (Lipinski definition) is 5. The molecule has 2 aromatic carbocycles. The van der Waals surface area contributed by atoms with Gasteiger partial charge in [-0.25, -0.2) is 18.5 Å². The van der Waals surface area contributed by atoms with Gasteiger partial charge in [0.15, 0.2) is 0 Å². The number of rotatable bonds is 4. The molecule has 3 heterocycles. The van der Waals surface area contributed by atoms with E-state index < -0.39 is 23.2 Å². The first-order valence-electron chi connectivity index (χ1n) is 11.8. The number of amides is 1. The molecule has 2 aromatic heterocycles. The quantitative estimate of drug-likeness (QED) is 0.407. The zero-order valence-corrected chi connectivity index (χ0v) is 21.2. The topological polar surface area (TPSA) is 73.5 Å². The predicted octanol–water partition coefficient (Wildman–Crippen LogP) is 4.53. The summed E-state index contributed by atoms with van der Waals surface area (Å²) in [7, 11) is 0. The Kier molecular flexibility index (Phi) is 6.26. The summed E-state index contributed by atoms with van der Waals surface area (Å²) in [6, 6.07) is 11.4. The van der Waals surface area contributed by atoms with Crippen molar-refractivity contribution in [1.29, 1.82) is 0 Å². The Morgan fingerprint density at radius 2 is 1.86 bits per heavy atom. The molecular weight excluding hydrogens is 481 g/mol. The van der Waals surface area contributed by atoms with E-state index in [0.717, 1.165) is 31.7 Å². The van der Waals surface area contributed by atoms with Gasteiger partial charge in [-0.3, -0.25) is 9.36 Å². The number of thiophene rings is 1. The average Bonchev–Trinajstić information content (AvgIpc) is 3.24. The molecule has 0 atom stereocenters. The van der Waals surface area contributed by atoms with Crippen LogP contribution in [0.3, 0.4) is 0 Å². The van der Waals surface area contributed by atoms with Gasteiger partial charge in [-0.1, -0.05) is 23.8 Å². The number of hydrogen-bond donors (Lipinski definition) is 0. The van der Waals surface area contributed by atoms with Crippen LogP contribution in [0.1, 0.15) is 34.1 Å². The predicted molar refractivity (Wildman–Crippen MR) is 138 cm³/mol. The smallest absolute Gasteiger partial charge is 0.410 e. The van der Waals surface area contributed by atoms with Crippen molar-refractivity contribution in [3.05, 3.63) is 96.3 Å². The number of nitrogens with zero attached hydrogens (tertiary/aromatic N) is 3. The van der Waals surface area contributed by atoms with Crippen molar-refractivity contribution in [2.24, 2.45) is 0 Å². The van der Waals surface area contributed by atoms with Crippen LogP contribution >= 0.6 is 11.3 Å². The summed E-state index contributed by atoms with van der Waals surface area (Å²) in [5.74, 6) is -0.449. The summed E-state index contributed by atoms with van der Waals surface area (Å²) in [5.41, 5.74) is 3.33. The molecule has 9 heteroatoms. The molecular formula is C27H26FN3O4S. The minimum atomic E-state index is -0.485. The van der Waals surface area contributed by atoms with Gasteiger partial charge in [0.1, 0.15) is 10.6 Å². The average molecular weight is 508 g/mol. The fourth-order valence-electron chi connectivity index (χ4n) is 4.67. The van der Waals surface area contributed by atoms with Crippen molar-refractivity contribution >= 4 is 27.6 Å². The second-order valence-corrected chi connectivity index (χ2v) is 10.1. The maximum atomic E-state index is 13.8. The highest BCUT2D eigenvalue weighted by molar-refractivity contribution is 7.18. The zero-order chi connectivity index (χ0) is 25.6. The van der Waals surface area contributed by atoms with E-state index in [4.69, 9.17) is 4.74 Å². The van der Waals surface area contributed by atoms with Crippen LogP contribution in [0.2, 0.25) is 0 Å². The molecule has 0 N–H and O–H groups in total. The minimum absolute atomic E-state index is 0.283. The Balaban J connectivity index is 1.75. The molecule has 36 heavy (non-hydrogen) atoms. The second kappa shape index (κ2) is 9.39. The zero-order valence-electron chi connectivity index (χ0n) is 20.3. The monoisotopic (exact) mass is 507 g/mol. The summed E-state index contributed by atoms with van der Waals surface area (Å²) in [6.07, 6.45) is 0.0891. The fraction of sp³-hybridized carbons (Fsp3) is 0.296. The third-order valence-electron chi connectivity index (χ3n) is 6.57. The van der Waals surface area contributed by atoms with Crippen LogP contribution in [0.25, 0.3) is 15.9 Å². The van der Waals surface area contributed by atoms with Crippen molar-refractivity contribution in [3.8, 4) is 5.69 Å². The van der Waals surface area contributed by atoms with Crippen LogP contribution in [-0.4, -0.2) is 33.3 Å². The highest BCUT2D eigenvalue weighted by Crippen LogP contribution is 2.34. The van der Waals surface area contributed by atoms with Gasteiger partial charge in [0.05, 0.1) is 30.8 Å². The molecule has 0 saturated heterocycles. The largest absolute Gasteiger partial charge is 0.450 e. The van der Waals surface area contributed by atoms with Crippen molar-refractivity contribution in [1.82, 2.24) is 14.0 Å². The Morgan fingerprint density at radius 1 is 1.11 bits per heavy atom. The van der Waals surface area contributed by atoms with E-state index in [1.807, 2.05) is 32.0 Å². The fourth-order valence-corrected chi connectivity index (χ4v) is 6.02. The van der Waals surface area contributed by atoms with Crippen LogP contribution in [0.15, 0.2) is 52.1 Å². The third-order valence-corrected chi connectivity index (χ3v) is 7.81. The van der Waals surface area contributed by atoms with Crippen molar-refractivity contribution in [3.63, 3.8) is 0 Å². The Bertz CT molecular complexity index is 1600. The highest BCUT2D eigenvalue weighted by atomic mass is 32.1. The van der Waals surface area contributed by atoms with Gasteiger partial charge in [-0.2, -0.15) is 0 Å². The number of benzene rings is 2. The van der Waals surface area contributed by atoms with E-state index in [0.29, 0.717) is 35.4 Å². The Hall–Kier alpha value is -3.72. The number of aryl methyl sites for hydroxylation is 2. The minimum Gasteiger partial charge on any atom is -0.450 e. The molecule has 0 spiro atoms. The first-order valence-corrected chi connectivity index (χ1v) is 12.6. The first kappa shape index (κ1) is 24.0. The normalized spacial score (nSPS) is 13.2. The lowest BCUT2D eigenvalue weighted by Crippen LogP contribution is -2.39. The van der Waals surface area contributed by atoms with Crippen LogP contribution < -0.4 is 11.2 Å². The molecule has 0 radical (unpaired) electrons. The lowest BCUT2D eigenvalue weighted by molar-refractivity contribution is 0.103. The lowest BCUT2D eigenvalue weighted by atomic mass is 10.0. The van der Waals surface area contributed by atoms with Gasteiger partial charge >= 0.3 is 11.8 Å². The van der Waals surface area contributed by atoms with Gasteiger partial charge in [-0.15, -0.1) is 11.3 Å². The second-order valence-electron chi connectivity index (χ2n) is 8.97. The SMILES string of the molecule is CCOC(=O)N1CCc2c(sc3c2c(=O)n(-c2ccc(F)cc2)c(=O)n3Cc2cc(C)ccc2C)C1. The summed E-state index contributed by atoms with van der Waals surface area (Å²) in [5, 5.41) is 0.479. The maximum Gasteiger partial charge on any atom is 0.410 e. The lowest BCUT2D eigenvalue weighted by Gasteiger charge is -2.25. The standard InChI is InChI=1S/C27H26FN3O4S/c1-4-35-27(34)29-12-11-21-22(15-29)36-25-23(21)24(32)31(20-9-7-19(28)8-10-20)26(33)30(25)14-18-13-16(2)5-6-17(18)3/h5-10,13H,4,11-12,14-15H2,1-3H3. The number of fused-ring (bicyclic) bond motifs is 3. The molecule has 4 aromatic rings. The third kappa shape index (κ3) is 4.13. The van der Waals surface area contributed by atoms with Crippen LogP contribution in [0.5, 0.6) is 0 Å². The van der Waals surface area contributed by atoms with E-state index in [1.165, 1.54) is 35.6 Å². The van der Waals surface area contributed by atoms with Crippen molar-refractivity contribution in [2.45, 2.75) is 40.3 Å². The molecule has 7 nitrogen and oxygen atoms in total. The van der Waals surface area contributed by atoms with E-state index in [2.05, 4.69) is 0 Å². The number of ether oxygens (including phenoxy) is 1.